The van der Waals surface area contributed by atoms with E-state index in [1.807, 2.05) is 54.6 Å². The summed E-state index contributed by atoms with van der Waals surface area (Å²) in [5.41, 5.74) is 3.43. The summed E-state index contributed by atoms with van der Waals surface area (Å²) >= 11 is 9.51. The van der Waals surface area contributed by atoms with Gasteiger partial charge in [0.05, 0.1) is 22.1 Å². The number of benzodiazepines with no additional fused rings is 1. The monoisotopic (exact) mass is 496 g/mol. The SMILES string of the molecule is CN1C(=O)[C@@H](NC(=O)Nc2ccc(Br)cc2Cl)N=C(c2ccccc2)c2ccccc21. The van der Waals surface area contributed by atoms with Gasteiger partial charge in [0.1, 0.15) is 0 Å². The number of anilines is 2. The van der Waals surface area contributed by atoms with Crippen molar-refractivity contribution in [3.05, 3.63) is 93.4 Å². The zero-order valence-corrected chi connectivity index (χ0v) is 18.8. The molecule has 1 heterocycles. The quantitative estimate of drug-likeness (QED) is 0.530. The molecule has 1 aliphatic rings. The molecule has 2 N–H and O–H groups in total. The Labute approximate surface area is 193 Å². The molecular weight excluding hydrogens is 480 g/mol. The van der Waals surface area contributed by atoms with Gasteiger partial charge in [-0.15, -0.1) is 0 Å². The Bertz CT molecular complexity index is 1180. The zero-order valence-electron chi connectivity index (χ0n) is 16.5. The number of rotatable bonds is 3. The second kappa shape index (κ2) is 8.91. The molecule has 6 nitrogen and oxygen atoms in total. The fraction of sp³-hybridized carbons (Fsp3) is 0.0870. The molecular formula is C23H18BrClN4O2. The van der Waals surface area contributed by atoms with Crippen LogP contribution in [0.5, 0.6) is 0 Å². The number of halogens is 2. The predicted molar refractivity (Wildman–Crippen MR) is 127 cm³/mol. The molecule has 31 heavy (non-hydrogen) atoms. The predicted octanol–water partition coefficient (Wildman–Crippen LogP) is 5.06. The minimum atomic E-state index is -1.11. The van der Waals surface area contributed by atoms with Gasteiger partial charge in [0.15, 0.2) is 0 Å². The number of carbonyl (C=O) groups excluding carboxylic acids is 2. The van der Waals surface area contributed by atoms with E-state index in [1.165, 1.54) is 4.90 Å². The van der Waals surface area contributed by atoms with Crippen LogP contribution in [-0.4, -0.2) is 30.9 Å². The minimum absolute atomic E-state index is 0.351. The highest BCUT2D eigenvalue weighted by atomic mass is 79.9. The summed E-state index contributed by atoms with van der Waals surface area (Å²) in [6, 6.07) is 21.6. The maximum atomic E-state index is 13.1. The lowest BCUT2D eigenvalue weighted by Gasteiger charge is -2.21. The van der Waals surface area contributed by atoms with Gasteiger partial charge in [0.2, 0.25) is 6.17 Å². The standard InChI is InChI=1S/C23H18BrClN4O2/c1-29-19-10-6-5-9-16(19)20(14-7-3-2-4-8-14)27-21(22(29)30)28-23(31)26-18-12-11-15(24)13-17(18)25/h2-13,21H,1H3,(H2,26,28,31)/t21-/m1/s1. The number of benzene rings is 3. The Balaban J connectivity index is 1.68. The molecule has 0 aliphatic carbocycles. The van der Waals surface area contributed by atoms with Crippen molar-refractivity contribution < 1.29 is 9.59 Å². The molecule has 0 radical (unpaired) electrons. The average Bonchev–Trinajstić information content (AvgIpc) is 2.87. The summed E-state index contributed by atoms with van der Waals surface area (Å²) in [6.07, 6.45) is -1.11. The van der Waals surface area contributed by atoms with Crippen LogP contribution in [0.2, 0.25) is 5.02 Å². The van der Waals surface area contributed by atoms with Gasteiger partial charge in [-0.05, 0) is 24.3 Å². The fourth-order valence-electron chi connectivity index (χ4n) is 3.32. The van der Waals surface area contributed by atoms with Crippen LogP contribution >= 0.6 is 27.5 Å². The molecule has 3 aromatic rings. The summed E-state index contributed by atoms with van der Waals surface area (Å²) in [4.78, 5) is 32.0. The van der Waals surface area contributed by atoms with Crippen LogP contribution in [0.1, 0.15) is 11.1 Å². The van der Waals surface area contributed by atoms with Crippen molar-refractivity contribution in [3.8, 4) is 0 Å². The molecule has 4 rings (SSSR count). The summed E-state index contributed by atoms with van der Waals surface area (Å²) in [6.45, 7) is 0. The third kappa shape index (κ3) is 4.47. The first-order valence-electron chi connectivity index (χ1n) is 9.47. The lowest BCUT2D eigenvalue weighted by Crippen LogP contribution is -2.47. The maximum absolute atomic E-state index is 13.1. The molecule has 0 saturated carbocycles. The Morgan fingerprint density at radius 2 is 1.77 bits per heavy atom. The molecule has 1 atom stereocenters. The van der Waals surface area contributed by atoms with Crippen LogP contribution in [0.3, 0.4) is 0 Å². The Kier molecular flexibility index (Phi) is 6.06. The van der Waals surface area contributed by atoms with Crippen molar-refractivity contribution in [1.29, 1.82) is 0 Å². The molecule has 0 unspecified atom stereocenters. The highest BCUT2D eigenvalue weighted by molar-refractivity contribution is 9.10. The second-order valence-electron chi connectivity index (χ2n) is 6.88. The molecule has 1 aliphatic heterocycles. The van der Waals surface area contributed by atoms with E-state index in [4.69, 9.17) is 11.6 Å². The summed E-state index contributed by atoms with van der Waals surface area (Å²) in [7, 11) is 1.67. The Hall–Kier alpha value is -3.16. The number of urea groups is 1. The lowest BCUT2D eigenvalue weighted by molar-refractivity contribution is -0.119. The number of nitrogens with one attached hydrogen (secondary N) is 2. The second-order valence-corrected chi connectivity index (χ2v) is 8.21. The molecule has 0 fully saturated rings. The van der Waals surface area contributed by atoms with Crippen molar-refractivity contribution in [3.63, 3.8) is 0 Å². The van der Waals surface area contributed by atoms with E-state index in [9.17, 15) is 9.59 Å². The van der Waals surface area contributed by atoms with Crippen LogP contribution in [0.15, 0.2) is 82.3 Å². The highest BCUT2D eigenvalue weighted by Gasteiger charge is 2.31. The molecule has 3 amide bonds. The van der Waals surface area contributed by atoms with Gasteiger partial charge < -0.3 is 15.5 Å². The highest BCUT2D eigenvalue weighted by Crippen LogP contribution is 2.28. The number of hydrogen-bond donors (Lipinski definition) is 2. The smallest absolute Gasteiger partial charge is 0.311 e. The van der Waals surface area contributed by atoms with E-state index < -0.39 is 12.2 Å². The number of carbonyl (C=O) groups is 2. The van der Waals surface area contributed by atoms with E-state index in [0.717, 1.165) is 21.3 Å². The zero-order chi connectivity index (χ0) is 22.0. The van der Waals surface area contributed by atoms with Gasteiger partial charge >= 0.3 is 6.03 Å². The number of hydrogen-bond acceptors (Lipinski definition) is 3. The minimum Gasteiger partial charge on any atom is -0.311 e. The van der Waals surface area contributed by atoms with Crippen molar-refractivity contribution in [2.75, 3.05) is 17.3 Å². The molecule has 3 aromatic carbocycles. The third-order valence-corrected chi connectivity index (χ3v) is 5.64. The van der Waals surface area contributed by atoms with Gasteiger partial charge in [0, 0.05) is 22.6 Å². The topological polar surface area (TPSA) is 73.8 Å². The lowest BCUT2D eigenvalue weighted by atomic mass is 10.0. The summed E-state index contributed by atoms with van der Waals surface area (Å²) in [5.74, 6) is -0.351. The molecule has 0 aromatic heterocycles. The first-order valence-corrected chi connectivity index (χ1v) is 10.6. The molecule has 0 bridgehead atoms. The van der Waals surface area contributed by atoms with Gasteiger partial charge in [-0.1, -0.05) is 76.1 Å². The van der Waals surface area contributed by atoms with Crippen molar-refractivity contribution >= 4 is 56.6 Å². The van der Waals surface area contributed by atoms with E-state index in [0.29, 0.717) is 16.4 Å². The first kappa shape index (κ1) is 21.1. The molecule has 8 heteroatoms. The van der Waals surface area contributed by atoms with E-state index in [-0.39, 0.29) is 5.91 Å². The van der Waals surface area contributed by atoms with E-state index in [1.54, 1.807) is 25.2 Å². The van der Waals surface area contributed by atoms with Gasteiger partial charge in [-0.2, -0.15) is 0 Å². The number of para-hydroxylation sites is 1. The number of aliphatic imine (C=N–C) groups is 1. The molecule has 0 saturated heterocycles. The summed E-state index contributed by atoms with van der Waals surface area (Å²) in [5, 5.41) is 5.71. The third-order valence-electron chi connectivity index (χ3n) is 4.84. The molecule has 0 spiro atoms. The largest absolute Gasteiger partial charge is 0.321 e. The number of nitrogens with zero attached hydrogens (tertiary/aromatic N) is 2. The van der Waals surface area contributed by atoms with Crippen LogP contribution < -0.4 is 15.5 Å². The van der Waals surface area contributed by atoms with Crippen LogP contribution in [-0.2, 0) is 4.79 Å². The fourth-order valence-corrected chi connectivity index (χ4v) is 4.04. The van der Waals surface area contributed by atoms with Crippen LogP contribution in [0.4, 0.5) is 16.2 Å². The first-order chi connectivity index (χ1) is 14.9. The molecule has 156 valence electrons. The number of fused-ring (bicyclic) bond motifs is 1. The maximum Gasteiger partial charge on any atom is 0.321 e. The van der Waals surface area contributed by atoms with Crippen molar-refractivity contribution in [1.82, 2.24) is 5.32 Å². The summed E-state index contributed by atoms with van der Waals surface area (Å²) < 4.78 is 0.791. The number of likely N-dealkylation sites (N-methyl/N-ethyl adjacent to an activating group) is 1. The van der Waals surface area contributed by atoms with Gasteiger partial charge in [0.25, 0.3) is 5.91 Å². The number of amides is 3. The van der Waals surface area contributed by atoms with Gasteiger partial charge in [-0.25, -0.2) is 9.79 Å². The average molecular weight is 498 g/mol. The van der Waals surface area contributed by atoms with Crippen molar-refractivity contribution in [2.24, 2.45) is 4.99 Å². The van der Waals surface area contributed by atoms with Crippen LogP contribution in [0.25, 0.3) is 0 Å². The Morgan fingerprint density at radius 3 is 2.52 bits per heavy atom. The van der Waals surface area contributed by atoms with E-state index in [2.05, 4.69) is 31.6 Å². The van der Waals surface area contributed by atoms with Crippen molar-refractivity contribution in [2.45, 2.75) is 6.17 Å². The van der Waals surface area contributed by atoms with E-state index >= 15 is 0 Å². The van der Waals surface area contributed by atoms with Crippen LogP contribution in [0, 0.1) is 0 Å². The van der Waals surface area contributed by atoms with Gasteiger partial charge in [-0.3, -0.25) is 4.79 Å². The Morgan fingerprint density at radius 1 is 1.06 bits per heavy atom. The normalized spacial score (nSPS) is 15.6.